The van der Waals surface area contributed by atoms with Crippen molar-refractivity contribution in [1.82, 2.24) is 0 Å². The Bertz CT molecular complexity index is 186. The van der Waals surface area contributed by atoms with Gasteiger partial charge in [-0.3, -0.25) is 0 Å². The van der Waals surface area contributed by atoms with Crippen LogP contribution in [0.2, 0.25) is 0 Å². The lowest BCUT2D eigenvalue weighted by Crippen LogP contribution is -1.43. The average molecular weight is 89.1 g/mol. The van der Waals surface area contributed by atoms with Crippen LogP contribution in [0.4, 0.5) is 0 Å². The van der Waals surface area contributed by atoms with Gasteiger partial charge in [-0.25, -0.2) is 0 Å². The lowest BCUT2D eigenvalue weighted by molar-refractivity contribution is 1.92. The number of nitrogens with zero attached hydrogens (tertiary/aromatic N) is 1. The van der Waals surface area contributed by atoms with Crippen LogP contribution in [0.25, 0.3) is 4.85 Å². The average Bonchev–Trinajstić information content (AvgIpc) is 1.69. The van der Waals surface area contributed by atoms with Gasteiger partial charge >= 0.3 is 0 Å². The van der Waals surface area contributed by atoms with Gasteiger partial charge in [-0.05, 0) is 18.8 Å². The second kappa shape index (κ2) is 4.61. The van der Waals surface area contributed by atoms with E-state index in [1.165, 1.54) is 0 Å². The van der Waals surface area contributed by atoms with E-state index in [1.807, 2.05) is 0 Å². The maximum atomic E-state index is 6.16. The van der Waals surface area contributed by atoms with Crippen LogP contribution in [0, 0.1) is 30.4 Å². The summed E-state index contributed by atoms with van der Waals surface area (Å²) in [5.41, 5.74) is 0. The van der Waals surface area contributed by atoms with E-state index in [1.54, 1.807) is 6.92 Å². The molecule has 0 bridgehead atoms. The predicted molar refractivity (Wildman–Crippen MR) is 27.8 cm³/mol. The molecule has 0 heterocycles. The van der Waals surface area contributed by atoms with E-state index in [9.17, 15) is 0 Å². The van der Waals surface area contributed by atoms with Gasteiger partial charge in [0.25, 0.3) is 0 Å². The second-order valence-electron chi connectivity index (χ2n) is 0.724. The monoisotopic (exact) mass is 89.0 g/mol. The largest absolute Gasteiger partial charge is 0.193 e. The Morgan fingerprint density at radius 3 is 2.57 bits per heavy atom. The molecule has 0 unspecified atom stereocenters. The van der Waals surface area contributed by atoms with E-state index >= 15 is 0 Å². The van der Waals surface area contributed by atoms with Gasteiger partial charge in [-0.2, -0.15) is 4.85 Å². The molecule has 1 heteroatoms. The zero-order valence-corrected chi connectivity index (χ0v) is 3.95. The molecule has 0 aliphatic rings. The molecule has 0 N–H and O–H groups in total. The van der Waals surface area contributed by atoms with Gasteiger partial charge in [0.1, 0.15) is 12.6 Å². The van der Waals surface area contributed by atoms with Crippen LogP contribution >= 0.6 is 0 Å². The third-order valence-corrected chi connectivity index (χ3v) is 0.299. The zero-order valence-electron chi connectivity index (χ0n) is 3.95. The number of hydrogen-bond donors (Lipinski definition) is 0. The molecular formula is C6H3N. The molecule has 7 heavy (non-hydrogen) atoms. The van der Waals surface area contributed by atoms with Crippen molar-refractivity contribution in [3.63, 3.8) is 0 Å². The highest BCUT2D eigenvalue weighted by Gasteiger charge is 1.45. The van der Waals surface area contributed by atoms with E-state index in [4.69, 9.17) is 6.57 Å². The SMILES string of the molecule is [C-]#[N+]C#CC#CC. The number of hydrogen-bond acceptors (Lipinski definition) is 0. The third kappa shape index (κ3) is 4.61. The van der Waals surface area contributed by atoms with E-state index in [2.05, 4.69) is 28.7 Å². The molecule has 0 atom stereocenters. The fourth-order valence-electron chi connectivity index (χ4n) is 0.118. The van der Waals surface area contributed by atoms with E-state index < -0.39 is 0 Å². The molecule has 0 saturated carbocycles. The first-order valence-corrected chi connectivity index (χ1v) is 1.70. The Kier molecular flexibility index (Phi) is 3.69. The van der Waals surface area contributed by atoms with Crippen LogP contribution in [0.3, 0.4) is 0 Å². The summed E-state index contributed by atoms with van der Waals surface area (Å²) in [6.45, 7) is 7.84. The highest BCUT2D eigenvalue weighted by atomic mass is 14.6. The molecule has 0 aliphatic heterocycles. The highest BCUT2D eigenvalue weighted by molar-refractivity contribution is 5.26. The van der Waals surface area contributed by atoms with Crippen molar-refractivity contribution in [1.29, 1.82) is 0 Å². The Balaban J connectivity index is 3.68. The Morgan fingerprint density at radius 2 is 2.14 bits per heavy atom. The first-order chi connectivity index (χ1) is 3.41. The molecule has 0 fully saturated rings. The standard InChI is InChI=1S/C6H3N/c1-3-4-5-6-7-2/h1H3. The Hall–Kier alpha value is -1.39. The summed E-state index contributed by atoms with van der Waals surface area (Å²) < 4.78 is 0. The smallest absolute Gasteiger partial charge is 0.146 e. The van der Waals surface area contributed by atoms with Crippen molar-refractivity contribution in [3.05, 3.63) is 11.4 Å². The summed E-state index contributed by atoms with van der Waals surface area (Å²) in [5, 5.41) is 0. The summed E-state index contributed by atoms with van der Waals surface area (Å²) in [6.07, 6.45) is 0. The minimum Gasteiger partial charge on any atom is -0.193 e. The van der Waals surface area contributed by atoms with Crippen molar-refractivity contribution in [2.45, 2.75) is 6.92 Å². The van der Waals surface area contributed by atoms with Crippen molar-refractivity contribution in [2.75, 3.05) is 0 Å². The molecule has 0 aliphatic carbocycles. The molecule has 0 aromatic rings. The van der Waals surface area contributed by atoms with E-state index in [-0.39, 0.29) is 0 Å². The van der Waals surface area contributed by atoms with E-state index in [0.29, 0.717) is 0 Å². The van der Waals surface area contributed by atoms with Gasteiger partial charge in [-0.1, -0.05) is 5.92 Å². The summed E-state index contributed by atoms with van der Waals surface area (Å²) in [6, 6.07) is 2.12. The zero-order chi connectivity index (χ0) is 5.54. The molecule has 0 aromatic carbocycles. The maximum absolute atomic E-state index is 6.16. The predicted octanol–water partition coefficient (Wildman–Crippen LogP) is 0.890. The van der Waals surface area contributed by atoms with Crippen molar-refractivity contribution < 1.29 is 0 Å². The van der Waals surface area contributed by atoms with Gasteiger partial charge in [0.15, 0.2) is 0 Å². The van der Waals surface area contributed by atoms with Crippen LogP contribution in [0.15, 0.2) is 0 Å². The quantitative estimate of drug-likeness (QED) is 0.306. The Labute approximate surface area is 43.2 Å². The summed E-state index contributed by atoms with van der Waals surface area (Å²) >= 11 is 0. The van der Waals surface area contributed by atoms with Gasteiger partial charge in [-0.15, -0.1) is 0 Å². The topological polar surface area (TPSA) is 4.36 Å². The lowest BCUT2D eigenvalue weighted by atomic mass is 10.6. The fourth-order valence-corrected chi connectivity index (χ4v) is 0.118. The summed E-state index contributed by atoms with van der Waals surface area (Å²) in [7, 11) is 0. The minimum absolute atomic E-state index is 1.68. The third-order valence-electron chi connectivity index (χ3n) is 0.299. The van der Waals surface area contributed by atoms with Crippen LogP contribution < -0.4 is 0 Å². The van der Waals surface area contributed by atoms with Crippen LogP contribution in [0.1, 0.15) is 6.92 Å². The first kappa shape index (κ1) is 5.61. The van der Waals surface area contributed by atoms with Crippen LogP contribution in [-0.4, -0.2) is 0 Å². The molecule has 32 valence electrons. The highest BCUT2D eigenvalue weighted by Crippen LogP contribution is 1.53. The molecular weight excluding hydrogens is 86.1 g/mol. The van der Waals surface area contributed by atoms with E-state index in [0.717, 1.165) is 0 Å². The Morgan fingerprint density at radius 1 is 1.43 bits per heavy atom. The molecule has 0 saturated heterocycles. The molecule has 0 amide bonds. The van der Waals surface area contributed by atoms with Gasteiger partial charge in [0.05, 0.1) is 0 Å². The normalized spacial score (nSPS) is 3.43. The van der Waals surface area contributed by atoms with Crippen molar-refractivity contribution >= 4 is 0 Å². The molecule has 0 rings (SSSR count). The van der Waals surface area contributed by atoms with Crippen molar-refractivity contribution in [2.24, 2.45) is 0 Å². The lowest BCUT2D eigenvalue weighted by Gasteiger charge is -1.49. The van der Waals surface area contributed by atoms with Gasteiger partial charge in [0, 0.05) is 0 Å². The van der Waals surface area contributed by atoms with Crippen LogP contribution in [-0.2, 0) is 0 Å². The van der Waals surface area contributed by atoms with Crippen LogP contribution in [0.5, 0.6) is 0 Å². The van der Waals surface area contributed by atoms with Crippen molar-refractivity contribution in [3.8, 4) is 23.8 Å². The van der Waals surface area contributed by atoms with Gasteiger partial charge in [0.2, 0.25) is 0 Å². The summed E-state index contributed by atoms with van der Waals surface area (Å²) in [4.78, 5) is 2.76. The molecule has 0 spiro atoms. The fraction of sp³-hybridized carbons (Fsp3) is 0.167. The molecule has 1 nitrogen and oxygen atoms in total. The maximum Gasteiger partial charge on any atom is 0.146 e. The number of rotatable bonds is 0. The molecule has 0 radical (unpaired) electrons. The molecule has 0 aromatic heterocycles. The van der Waals surface area contributed by atoms with Gasteiger partial charge < -0.3 is 0 Å². The second-order valence-corrected chi connectivity index (χ2v) is 0.724. The summed E-state index contributed by atoms with van der Waals surface area (Å²) in [5.74, 6) is 7.28. The first-order valence-electron chi connectivity index (χ1n) is 1.70. The minimum atomic E-state index is 1.68.